The molecule has 2 amide bonds. The van der Waals surface area contributed by atoms with Crippen molar-refractivity contribution in [3.8, 4) is 0 Å². The molecule has 7 atom stereocenters. The van der Waals surface area contributed by atoms with Crippen LogP contribution in [0.1, 0.15) is 97.6 Å². The summed E-state index contributed by atoms with van der Waals surface area (Å²) in [5.74, 6) is -1.18. The second kappa shape index (κ2) is 28.4. The van der Waals surface area contributed by atoms with Crippen LogP contribution in [0.4, 0.5) is 5.82 Å². The Morgan fingerprint density at radius 1 is 0.925 bits per heavy atom. The van der Waals surface area contributed by atoms with Gasteiger partial charge in [0, 0.05) is 37.1 Å². The summed E-state index contributed by atoms with van der Waals surface area (Å²) in [6.45, 7) is 2.32. The lowest BCUT2D eigenvalue weighted by Crippen LogP contribution is -2.46. The average Bonchev–Trinajstić information content (AvgIpc) is 3.81. The van der Waals surface area contributed by atoms with Gasteiger partial charge in [0.15, 0.2) is 22.8 Å². The number of allylic oxidation sites excluding steroid dienone is 6. The minimum Gasteiger partial charge on any atom is -0.790 e. The summed E-state index contributed by atoms with van der Waals surface area (Å²) in [5.41, 5.74) is 4.08. The second-order valence-corrected chi connectivity index (χ2v) is 21.0. The summed E-state index contributed by atoms with van der Waals surface area (Å²) >= 11 is 1.11. The maximum atomic E-state index is 12.6. The number of fused-ring (bicyclic) bond motifs is 1. The van der Waals surface area contributed by atoms with Gasteiger partial charge in [0.25, 0.3) is 15.6 Å². The first kappa shape index (κ1) is 58.1. The number of anilines is 1. The van der Waals surface area contributed by atoms with Crippen LogP contribution in [-0.2, 0) is 50.7 Å². The molecule has 1 fully saturated rings. The molecule has 1 aliphatic rings. The first-order valence-corrected chi connectivity index (χ1v) is 26.8. The third-order valence-corrected chi connectivity index (χ3v) is 13.7. The van der Waals surface area contributed by atoms with E-state index in [0.717, 1.165) is 67.5 Å². The lowest BCUT2D eigenvalue weighted by molar-refractivity contribution is -0.347. The fourth-order valence-electron chi connectivity index (χ4n) is 6.17. The number of unbranched alkanes of at least 4 members (excludes halogenated alkanes) is 5. The van der Waals surface area contributed by atoms with Gasteiger partial charge in [-0.1, -0.05) is 81.8 Å². The number of imidazole rings is 1. The molecule has 0 aliphatic carbocycles. The van der Waals surface area contributed by atoms with Gasteiger partial charge in [0.1, 0.15) is 36.3 Å². The standard InChI is InChI=1S/C39H64N7O17P3S/c1-4-5-6-7-8-9-10-11-12-13-14-15-16-17-18-19-30(48)67-23-22-41-29(47)20-21-42-37(51)34(50)39(2,3)25-60-66(57,58)63-65(55,56)59-24-28-33(62-64(52,53)54)32(49)38(61-28)46-27-45-31-35(40)43-26-44-36(31)46/h8-9,11-12,14-15,26-28,32-34,38,49-50H,4-7,10,13,16-25H2,1-3H3,(H,41,47)(H,42,51)(H,55,56)(H,57,58)(H2,40,43,44)(H2,52,53,54)/p-4/b9-8-,12-11-,15-14-/t28-,32-,33-,34+,38-/m1/s1. The Morgan fingerprint density at radius 2 is 1.57 bits per heavy atom. The molecule has 0 aromatic carbocycles. The Bertz CT molecular complexity index is 2140. The predicted molar refractivity (Wildman–Crippen MR) is 237 cm³/mol. The number of nitrogens with one attached hydrogen (secondary N) is 2. The van der Waals surface area contributed by atoms with Gasteiger partial charge < -0.3 is 69.0 Å². The van der Waals surface area contributed by atoms with Crippen LogP contribution in [0, 0.1) is 5.41 Å². The normalized spacial score (nSPS) is 20.4. The molecule has 6 N–H and O–H groups in total. The smallest absolute Gasteiger partial charge is 0.274 e. The van der Waals surface area contributed by atoms with Gasteiger partial charge in [-0.3, -0.25) is 28.1 Å². The Kier molecular flexibility index (Phi) is 24.7. The van der Waals surface area contributed by atoms with Crippen molar-refractivity contribution in [1.29, 1.82) is 0 Å². The number of amides is 2. The predicted octanol–water partition coefficient (Wildman–Crippen LogP) is 1.73. The van der Waals surface area contributed by atoms with Crippen molar-refractivity contribution in [3.05, 3.63) is 49.1 Å². The van der Waals surface area contributed by atoms with E-state index in [4.69, 9.17) is 10.5 Å². The zero-order chi connectivity index (χ0) is 49.7. The molecule has 2 unspecified atom stereocenters. The van der Waals surface area contributed by atoms with E-state index >= 15 is 0 Å². The number of carbonyl (C=O) groups excluding carboxylic acids is 3. The molecular formula is C39H60N7O17P3S-4. The topological polar surface area (TPSA) is 375 Å². The molecule has 28 heteroatoms. The number of ether oxygens (including phenoxy) is 1. The van der Waals surface area contributed by atoms with E-state index < -0.39 is 84.6 Å². The highest BCUT2D eigenvalue weighted by Gasteiger charge is 2.47. The number of nitrogens with two attached hydrogens (primary N) is 1. The quantitative estimate of drug-likeness (QED) is 0.0396. The third-order valence-electron chi connectivity index (χ3n) is 9.76. The Labute approximate surface area is 393 Å². The van der Waals surface area contributed by atoms with Crippen LogP contribution < -0.4 is 35.9 Å². The van der Waals surface area contributed by atoms with Gasteiger partial charge in [-0.05, 0) is 44.9 Å². The van der Waals surface area contributed by atoms with Crippen molar-refractivity contribution in [3.63, 3.8) is 0 Å². The average molecular weight is 1020 g/mol. The molecule has 2 aromatic heterocycles. The summed E-state index contributed by atoms with van der Waals surface area (Å²) < 4.78 is 60.8. The largest absolute Gasteiger partial charge is 0.790 e. The van der Waals surface area contributed by atoms with Gasteiger partial charge in [-0.25, -0.2) is 19.3 Å². The van der Waals surface area contributed by atoms with Crippen LogP contribution in [0.15, 0.2) is 49.1 Å². The number of thioether (sulfide) groups is 1. The second-order valence-electron chi connectivity index (χ2n) is 15.8. The van der Waals surface area contributed by atoms with Gasteiger partial charge in [0.2, 0.25) is 11.8 Å². The number of phosphoric ester groups is 3. The molecule has 0 spiro atoms. The van der Waals surface area contributed by atoms with Gasteiger partial charge in [0.05, 0.1) is 27.4 Å². The van der Waals surface area contributed by atoms with Crippen LogP contribution in [0.3, 0.4) is 0 Å². The molecule has 3 heterocycles. The SMILES string of the molecule is CCCCC/C=C\C/C=C\C/C=C\CCCCC(=O)SCCNC(=O)CCNC(=O)[C@H](O)C(C)(C)COP(=O)([O-])OP(=O)([O-])OC[C@H]1O[C@@H](n2cnc3c(N)ncnc32)[C@H](O)[C@@H]1OP(=O)([O-])[O-]. The number of hydrogen-bond acceptors (Lipinski definition) is 22. The van der Waals surface area contributed by atoms with Crippen LogP contribution in [0.5, 0.6) is 0 Å². The zero-order valence-corrected chi connectivity index (χ0v) is 41.0. The van der Waals surface area contributed by atoms with E-state index in [1.54, 1.807) is 0 Å². The van der Waals surface area contributed by atoms with Crippen molar-refractivity contribution in [2.75, 3.05) is 37.8 Å². The van der Waals surface area contributed by atoms with Crippen molar-refractivity contribution in [1.82, 2.24) is 30.2 Å². The summed E-state index contributed by atoms with van der Waals surface area (Å²) in [6, 6.07) is 0. The first-order valence-electron chi connectivity index (χ1n) is 21.5. The molecule has 1 saturated heterocycles. The van der Waals surface area contributed by atoms with Gasteiger partial charge in [-0.15, -0.1) is 0 Å². The highest BCUT2D eigenvalue weighted by molar-refractivity contribution is 8.13. The molecule has 378 valence electrons. The number of aliphatic hydroxyl groups excluding tert-OH is 2. The lowest BCUT2D eigenvalue weighted by Gasteiger charge is -2.36. The molecule has 1 aliphatic heterocycles. The number of aromatic nitrogens is 4. The maximum Gasteiger partial charge on any atom is 0.274 e. The highest BCUT2D eigenvalue weighted by Crippen LogP contribution is 2.56. The van der Waals surface area contributed by atoms with Crippen molar-refractivity contribution < 1.29 is 80.5 Å². The van der Waals surface area contributed by atoms with E-state index in [-0.39, 0.29) is 41.6 Å². The van der Waals surface area contributed by atoms with Crippen molar-refractivity contribution in [2.24, 2.45) is 5.41 Å². The first-order chi connectivity index (χ1) is 31.6. The fraction of sp³-hybridized carbons (Fsp3) is 0.641. The minimum absolute atomic E-state index is 0.0181. The summed E-state index contributed by atoms with van der Waals surface area (Å²) in [6.07, 6.45) is 15.0. The van der Waals surface area contributed by atoms with Crippen LogP contribution in [0.25, 0.3) is 11.2 Å². The maximum absolute atomic E-state index is 12.6. The summed E-state index contributed by atoms with van der Waals surface area (Å²) in [7, 11) is -17.6. The summed E-state index contributed by atoms with van der Waals surface area (Å²) in [4.78, 5) is 96.8. The van der Waals surface area contributed by atoms with Gasteiger partial charge in [-0.2, -0.15) is 0 Å². The molecular weight excluding hydrogens is 963 g/mol. The number of carbonyl (C=O) groups is 3. The number of rotatable bonds is 32. The van der Waals surface area contributed by atoms with E-state index in [0.29, 0.717) is 12.2 Å². The van der Waals surface area contributed by atoms with E-state index in [1.807, 2.05) is 0 Å². The molecule has 0 radical (unpaired) electrons. The third kappa shape index (κ3) is 21.5. The minimum atomic E-state index is -5.92. The van der Waals surface area contributed by atoms with Crippen molar-refractivity contribution >= 4 is 69.1 Å². The molecule has 24 nitrogen and oxygen atoms in total. The van der Waals surface area contributed by atoms with Crippen LogP contribution in [0.2, 0.25) is 0 Å². The van der Waals surface area contributed by atoms with E-state index in [1.165, 1.54) is 33.1 Å². The number of phosphoric acid groups is 3. The molecule has 2 aromatic rings. The number of nitrogen functional groups attached to an aromatic ring is 1. The highest BCUT2D eigenvalue weighted by atomic mass is 32.2. The molecule has 67 heavy (non-hydrogen) atoms. The Balaban J connectivity index is 1.32. The van der Waals surface area contributed by atoms with E-state index in [2.05, 4.69) is 86.8 Å². The van der Waals surface area contributed by atoms with E-state index in [9.17, 15) is 57.9 Å². The molecule has 0 saturated carbocycles. The van der Waals surface area contributed by atoms with Gasteiger partial charge >= 0.3 is 0 Å². The summed E-state index contributed by atoms with van der Waals surface area (Å²) in [5, 5.41) is 26.4. The lowest BCUT2D eigenvalue weighted by atomic mass is 9.87. The fourth-order valence-corrected chi connectivity index (χ4v) is 9.62. The molecule has 0 bridgehead atoms. The monoisotopic (exact) mass is 1020 g/mol. The van der Waals surface area contributed by atoms with Crippen molar-refractivity contribution in [2.45, 2.75) is 122 Å². The number of hydrogen-bond donors (Lipinski definition) is 5. The number of nitrogens with zero attached hydrogens (tertiary/aromatic N) is 4. The Hall–Kier alpha value is -3.22. The number of aliphatic hydroxyl groups is 2. The molecule has 3 rings (SSSR count). The zero-order valence-electron chi connectivity index (χ0n) is 37.5. The Morgan fingerprint density at radius 3 is 2.22 bits per heavy atom. The van der Waals surface area contributed by atoms with Crippen LogP contribution >= 0.6 is 35.2 Å². The van der Waals surface area contributed by atoms with Crippen LogP contribution in [-0.4, -0.2) is 103 Å².